The lowest BCUT2D eigenvalue weighted by atomic mass is 10.3. The maximum atomic E-state index is 12.3. The number of carbonyl (C=O) groups excluding carboxylic acids is 1. The molecule has 0 saturated heterocycles. The van der Waals surface area contributed by atoms with Crippen LogP contribution in [0.5, 0.6) is 0 Å². The van der Waals surface area contributed by atoms with Crippen LogP contribution in [0, 0.1) is 0 Å². The largest absolute Gasteiger partial charge is 0.383 e. The minimum Gasteiger partial charge on any atom is -0.383 e. The minimum absolute atomic E-state index is 0.0818. The number of hydrogen-bond acceptors (Lipinski definition) is 6. The molecule has 0 spiro atoms. The molecule has 22 heavy (non-hydrogen) atoms. The number of thioether (sulfide) groups is 1. The van der Waals surface area contributed by atoms with E-state index in [1.54, 1.807) is 30.5 Å². The highest BCUT2D eigenvalue weighted by Gasteiger charge is 2.14. The van der Waals surface area contributed by atoms with Crippen LogP contribution in [0.2, 0.25) is 0 Å². The van der Waals surface area contributed by atoms with E-state index in [9.17, 15) is 4.79 Å². The number of benzene rings is 1. The van der Waals surface area contributed by atoms with Gasteiger partial charge in [-0.3, -0.25) is 4.79 Å². The molecule has 0 aliphatic carbocycles. The number of thiazole rings is 1. The van der Waals surface area contributed by atoms with Gasteiger partial charge in [0.1, 0.15) is 0 Å². The summed E-state index contributed by atoms with van der Waals surface area (Å²) in [6, 6.07) is 8.00. The first-order valence-corrected chi connectivity index (χ1v) is 8.79. The van der Waals surface area contributed by atoms with Gasteiger partial charge in [0.15, 0.2) is 4.34 Å². The number of methoxy groups -OCH3 is 2. The second-order valence-corrected chi connectivity index (χ2v) is 6.86. The van der Waals surface area contributed by atoms with Gasteiger partial charge in [-0.1, -0.05) is 23.9 Å². The minimum atomic E-state index is 0.0818. The molecule has 0 radical (unpaired) electrons. The molecule has 1 aromatic carbocycles. The maximum absolute atomic E-state index is 12.3. The van der Waals surface area contributed by atoms with Crippen LogP contribution < -0.4 is 0 Å². The smallest absolute Gasteiger partial charge is 0.233 e. The molecule has 0 aliphatic heterocycles. The Morgan fingerprint density at radius 2 is 1.91 bits per heavy atom. The maximum Gasteiger partial charge on any atom is 0.233 e. The quantitative estimate of drug-likeness (QED) is 0.657. The summed E-state index contributed by atoms with van der Waals surface area (Å²) in [4.78, 5) is 18.6. The van der Waals surface area contributed by atoms with Gasteiger partial charge in [0.25, 0.3) is 0 Å². The number of aromatic nitrogens is 1. The Kier molecular flexibility index (Phi) is 7.11. The van der Waals surface area contributed by atoms with Crippen LogP contribution in [-0.4, -0.2) is 62.1 Å². The standard InChI is InChI=1S/C15H20N2O3S2/c1-19-9-7-17(8-10-20-2)14(18)11-21-15-16-12-5-3-4-6-13(12)22-15/h3-6H,7-11H2,1-2H3. The molecule has 0 N–H and O–H groups in total. The monoisotopic (exact) mass is 340 g/mol. The van der Waals surface area contributed by atoms with Crippen LogP contribution in [0.4, 0.5) is 0 Å². The highest BCUT2D eigenvalue weighted by Crippen LogP contribution is 2.29. The Hall–Kier alpha value is -1.15. The molecule has 0 unspecified atom stereocenters. The van der Waals surface area contributed by atoms with E-state index < -0.39 is 0 Å². The van der Waals surface area contributed by atoms with Crippen LogP contribution in [-0.2, 0) is 14.3 Å². The highest BCUT2D eigenvalue weighted by atomic mass is 32.2. The first-order chi connectivity index (χ1) is 10.7. The van der Waals surface area contributed by atoms with Gasteiger partial charge in [0.05, 0.1) is 29.2 Å². The number of amides is 1. The summed E-state index contributed by atoms with van der Waals surface area (Å²) in [6.45, 7) is 2.22. The first kappa shape index (κ1) is 17.2. The van der Waals surface area contributed by atoms with Crippen LogP contribution in [0.25, 0.3) is 10.2 Å². The molecule has 0 aliphatic rings. The fraction of sp³-hybridized carbons (Fsp3) is 0.467. The summed E-state index contributed by atoms with van der Waals surface area (Å²) in [5, 5.41) is 0. The van der Waals surface area contributed by atoms with Crippen molar-refractivity contribution >= 4 is 39.2 Å². The van der Waals surface area contributed by atoms with Crippen molar-refractivity contribution in [3.05, 3.63) is 24.3 Å². The molecule has 2 aromatic rings. The van der Waals surface area contributed by atoms with Gasteiger partial charge in [0, 0.05) is 27.3 Å². The molecular weight excluding hydrogens is 320 g/mol. The van der Waals surface area contributed by atoms with Crippen molar-refractivity contribution in [1.29, 1.82) is 0 Å². The van der Waals surface area contributed by atoms with Gasteiger partial charge in [-0.15, -0.1) is 11.3 Å². The van der Waals surface area contributed by atoms with E-state index in [0.717, 1.165) is 14.6 Å². The van der Waals surface area contributed by atoms with Gasteiger partial charge in [-0.05, 0) is 12.1 Å². The zero-order chi connectivity index (χ0) is 15.8. The summed E-state index contributed by atoms with van der Waals surface area (Å²) < 4.78 is 12.2. The van der Waals surface area contributed by atoms with Gasteiger partial charge < -0.3 is 14.4 Å². The molecule has 1 amide bonds. The predicted octanol–water partition coefficient (Wildman–Crippen LogP) is 2.51. The number of carbonyl (C=O) groups is 1. The molecule has 2 rings (SSSR count). The summed E-state index contributed by atoms with van der Waals surface area (Å²) in [5.74, 6) is 0.464. The Balaban J connectivity index is 1.90. The van der Waals surface area contributed by atoms with E-state index in [0.29, 0.717) is 32.1 Å². The zero-order valence-corrected chi connectivity index (χ0v) is 14.4. The first-order valence-electron chi connectivity index (χ1n) is 6.98. The summed E-state index contributed by atoms with van der Waals surface area (Å²) in [6.07, 6.45) is 0. The van der Waals surface area contributed by atoms with E-state index in [1.807, 2.05) is 24.3 Å². The lowest BCUT2D eigenvalue weighted by Gasteiger charge is -2.21. The van der Waals surface area contributed by atoms with Crippen LogP contribution in [0.1, 0.15) is 0 Å². The average Bonchev–Trinajstić information content (AvgIpc) is 2.95. The third-order valence-electron chi connectivity index (χ3n) is 3.08. The Bertz CT molecular complexity index is 562. The predicted molar refractivity (Wildman–Crippen MR) is 90.7 cm³/mol. The normalized spacial score (nSPS) is 11.0. The van der Waals surface area contributed by atoms with Gasteiger partial charge >= 0.3 is 0 Å². The number of rotatable bonds is 9. The summed E-state index contributed by atoms with van der Waals surface area (Å²) >= 11 is 3.10. The van der Waals surface area contributed by atoms with Gasteiger partial charge in [-0.25, -0.2) is 4.98 Å². The van der Waals surface area contributed by atoms with Crippen molar-refractivity contribution in [3.8, 4) is 0 Å². The highest BCUT2D eigenvalue weighted by molar-refractivity contribution is 8.01. The number of ether oxygens (including phenoxy) is 2. The lowest BCUT2D eigenvalue weighted by molar-refractivity contribution is -0.129. The molecule has 0 saturated carbocycles. The average molecular weight is 340 g/mol. The second-order valence-electron chi connectivity index (χ2n) is 4.60. The number of para-hydroxylation sites is 1. The molecule has 1 aromatic heterocycles. The number of hydrogen-bond donors (Lipinski definition) is 0. The fourth-order valence-corrected chi connectivity index (χ4v) is 3.86. The van der Waals surface area contributed by atoms with Crippen molar-refractivity contribution in [2.75, 3.05) is 46.3 Å². The van der Waals surface area contributed by atoms with Crippen LogP contribution in [0.15, 0.2) is 28.6 Å². The van der Waals surface area contributed by atoms with Crippen molar-refractivity contribution in [2.45, 2.75) is 4.34 Å². The van der Waals surface area contributed by atoms with Crippen molar-refractivity contribution in [1.82, 2.24) is 9.88 Å². The van der Waals surface area contributed by atoms with Gasteiger partial charge in [0.2, 0.25) is 5.91 Å². The topological polar surface area (TPSA) is 51.7 Å². The zero-order valence-electron chi connectivity index (χ0n) is 12.8. The Morgan fingerprint density at radius 3 is 2.55 bits per heavy atom. The molecule has 0 atom stereocenters. The van der Waals surface area contributed by atoms with Crippen LogP contribution >= 0.6 is 23.1 Å². The third-order valence-corrected chi connectivity index (χ3v) is 5.24. The fourth-order valence-electron chi connectivity index (χ4n) is 1.89. The molecule has 7 heteroatoms. The number of fused-ring (bicyclic) bond motifs is 1. The molecule has 0 bridgehead atoms. The summed E-state index contributed by atoms with van der Waals surface area (Å²) in [7, 11) is 3.27. The Morgan fingerprint density at radius 1 is 1.23 bits per heavy atom. The lowest BCUT2D eigenvalue weighted by Crippen LogP contribution is -2.37. The molecule has 5 nitrogen and oxygen atoms in total. The molecular formula is C15H20N2O3S2. The van der Waals surface area contributed by atoms with Gasteiger partial charge in [-0.2, -0.15) is 0 Å². The van der Waals surface area contributed by atoms with E-state index in [-0.39, 0.29) is 5.91 Å². The van der Waals surface area contributed by atoms with E-state index in [4.69, 9.17) is 9.47 Å². The van der Waals surface area contributed by atoms with E-state index in [2.05, 4.69) is 4.98 Å². The molecule has 120 valence electrons. The summed E-state index contributed by atoms with van der Waals surface area (Å²) in [5.41, 5.74) is 0.984. The number of nitrogens with zero attached hydrogens (tertiary/aromatic N) is 2. The molecule has 0 fully saturated rings. The van der Waals surface area contributed by atoms with Crippen molar-refractivity contribution in [2.24, 2.45) is 0 Å². The Labute approximate surface area is 138 Å². The van der Waals surface area contributed by atoms with E-state index in [1.165, 1.54) is 11.8 Å². The molecule has 1 heterocycles. The van der Waals surface area contributed by atoms with Crippen molar-refractivity contribution < 1.29 is 14.3 Å². The van der Waals surface area contributed by atoms with E-state index >= 15 is 0 Å². The van der Waals surface area contributed by atoms with Crippen LogP contribution in [0.3, 0.4) is 0 Å². The second kappa shape index (κ2) is 9.09. The third kappa shape index (κ3) is 4.95. The van der Waals surface area contributed by atoms with Crippen molar-refractivity contribution in [3.63, 3.8) is 0 Å². The SMILES string of the molecule is COCCN(CCOC)C(=O)CSc1nc2ccccc2s1.